The molecule has 3 N–H and O–H groups in total. The maximum Gasteiger partial charge on any atom is 0.407 e. The van der Waals surface area contributed by atoms with E-state index < -0.39 is 6.09 Å². The molecule has 1 aromatic rings. The van der Waals surface area contributed by atoms with Crippen molar-refractivity contribution in [3.63, 3.8) is 0 Å². The summed E-state index contributed by atoms with van der Waals surface area (Å²) >= 11 is 6.14. The van der Waals surface area contributed by atoms with E-state index in [-0.39, 0.29) is 0 Å². The van der Waals surface area contributed by atoms with Crippen LogP contribution in [0.5, 0.6) is 0 Å². The zero-order valence-electron chi connectivity index (χ0n) is 12.2. The molecular formula is C16H23ClN2O2. The average molecular weight is 311 g/mol. The molecule has 0 aliphatic heterocycles. The van der Waals surface area contributed by atoms with Crippen molar-refractivity contribution in [2.24, 2.45) is 5.92 Å². The standard InChI is InChI=1S/C16H23ClN2O2/c17-15-10-14(18)7-6-13(15)8-9-19(16(20)21)11-12-4-2-1-3-5-12/h6-7,10,12H,1-5,8-9,11,18H2,(H,20,21). The Hall–Kier alpha value is -1.42. The van der Waals surface area contributed by atoms with Crippen molar-refractivity contribution in [3.05, 3.63) is 28.8 Å². The Morgan fingerprint density at radius 3 is 2.67 bits per heavy atom. The number of hydrogen-bond acceptors (Lipinski definition) is 2. The summed E-state index contributed by atoms with van der Waals surface area (Å²) in [5, 5.41) is 9.98. The highest BCUT2D eigenvalue weighted by molar-refractivity contribution is 6.31. The van der Waals surface area contributed by atoms with Crippen LogP contribution >= 0.6 is 11.6 Å². The molecule has 5 heteroatoms. The van der Waals surface area contributed by atoms with Crippen LogP contribution < -0.4 is 5.73 Å². The van der Waals surface area contributed by atoms with Gasteiger partial charge in [-0.1, -0.05) is 36.9 Å². The van der Waals surface area contributed by atoms with E-state index in [0.717, 1.165) is 18.4 Å². The second kappa shape index (κ2) is 7.55. The van der Waals surface area contributed by atoms with Crippen LogP contribution in [0.15, 0.2) is 18.2 Å². The Kier molecular flexibility index (Phi) is 5.74. The number of carboxylic acid groups (broad SMARTS) is 1. The first-order valence-corrected chi connectivity index (χ1v) is 7.96. The van der Waals surface area contributed by atoms with E-state index in [1.165, 1.54) is 24.2 Å². The van der Waals surface area contributed by atoms with Gasteiger partial charge in [-0.2, -0.15) is 0 Å². The fourth-order valence-corrected chi connectivity index (χ4v) is 3.25. The molecule has 116 valence electrons. The van der Waals surface area contributed by atoms with Gasteiger partial charge in [-0.25, -0.2) is 4.79 Å². The molecule has 0 unspecified atom stereocenters. The number of amides is 1. The van der Waals surface area contributed by atoms with Gasteiger partial charge in [0.2, 0.25) is 0 Å². The smallest absolute Gasteiger partial charge is 0.407 e. The Labute approximate surface area is 130 Å². The number of carbonyl (C=O) groups is 1. The van der Waals surface area contributed by atoms with Crippen LogP contribution in [0.3, 0.4) is 0 Å². The van der Waals surface area contributed by atoms with Crippen LogP contribution in [0.4, 0.5) is 10.5 Å². The van der Waals surface area contributed by atoms with E-state index in [2.05, 4.69) is 0 Å². The predicted molar refractivity (Wildman–Crippen MR) is 85.7 cm³/mol. The van der Waals surface area contributed by atoms with E-state index in [9.17, 15) is 9.90 Å². The lowest BCUT2D eigenvalue weighted by molar-refractivity contribution is 0.131. The number of benzene rings is 1. The Morgan fingerprint density at radius 2 is 2.05 bits per heavy atom. The van der Waals surface area contributed by atoms with E-state index in [1.54, 1.807) is 12.1 Å². The largest absolute Gasteiger partial charge is 0.465 e. The minimum Gasteiger partial charge on any atom is -0.465 e. The number of nitrogen functional groups attached to an aromatic ring is 1. The van der Waals surface area contributed by atoms with Gasteiger partial charge in [-0.3, -0.25) is 0 Å². The van der Waals surface area contributed by atoms with Crippen molar-refractivity contribution in [2.75, 3.05) is 18.8 Å². The van der Waals surface area contributed by atoms with Gasteiger partial charge in [0.05, 0.1) is 0 Å². The molecule has 0 saturated heterocycles. The minimum atomic E-state index is -0.841. The maximum absolute atomic E-state index is 11.4. The molecule has 1 fully saturated rings. The monoisotopic (exact) mass is 310 g/mol. The first-order valence-electron chi connectivity index (χ1n) is 7.58. The number of nitrogens with two attached hydrogens (primary N) is 1. The van der Waals surface area contributed by atoms with E-state index >= 15 is 0 Å². The van der Waals surface area contributed by atoms with Crippen LogP contribution in [0.25, 0.3) is 0 Å². The van der Waals surface area contributed by atoms with Crippen LogP contribution in [-0.2, 0) is 6.42 Å². The minimum absolute atomic E-state index is 0.482. The Balaban J connectivity index is 1.91. The van der Waals surface area contributed by atoms with Gasteiger partial charge < -0.3 is 15.7 Å². The molecule has 0 bridgehead atoms. The average Bonchev–Trinajstić information content (AvgIpc) is 2.46. The summed E-state index contributed by atoms with van der Waals surface area (Å²) in [4.78, 5) is 12.9. The second-order valence-corrected chi connectivity index (χ2v) is 6.24. The third-order valence-electron chi connectivity index (χ3n) is 4.20. The molecule has 1 saturated carbocycles. The quantitative estimate of drug-likeness (QED) is 0.807. The normalized spacial score (nSPS) is 15.9. The number of rotatable bonds is 5. The number of anilines is 1. The first kappa shape index (κ1) is 16.0. The number of hydrogen-bond donors (Lipinski definition) is 2. The SMILES string of the molecule is Nc1ccc(CCN(CC2CCCCC2)C(=O)O)c(Cl)c1. The highest BCUT2D eigenvalue weighted by atomic mass is 35.5. The first-order chi connectivity index (χ1) is 10.1. The molecule has 0 spiro atoms. The van der Waals surface area contributed by atoms with Crippen LogP contribution in [-0.4, -0.2) is 29.2 Å². The predicted octanol–water partition coefficient (Wildman–Crippen LogP) is 4.03. The summed E-state index contributed by atoms with van der Waals surface area (Å²) in [6.45, 7) is 1.12. The van der Waals surface area contributed by atoms with Crippen LogP contribution in [0, 0.1) is 5.92 Å². The van der Waals surface area contributed by atoms with Gasteiger partial charge in [0.15, 0.2) is 0 Å². The van der Waals surface area contributed by atoms with Crippen molar-refractivity contribution >= 4 is 23.4 Å². The van der Waals surface area contributed by atoms with Gasteiger partial charge >= 0.3 is 6.09 Å². The van der Waals surface area contributed by atoms with Gasteiger partial charge in [-0.05, 0) is 42.9 Å². The van der Waals surface area contributed by atoms with Crippen molar-refractivity contribution in [3.8, 4) is 0 Å². The summed E-state index contributed by atoms with van der Waals surface area (Å²) in [5.74, 6) is 0.511. The van der Waals surface area contributed by atoms with Crippen molar-refractivity contribution < 1.29 is 9.90 Å². The summed E-state index contributed by atoms with van der Waals surface area (Å²) in [5.41, 5.74) is 7.24. The van der Waals surface area contributed by atoms with Gasteiger partial charge in [0.1, 0.15) is 0 Å². The molecule has 0 aromatic heterocycles. The zero-order valence-corrected chi connectivity index (χ0v) is 13.0. The van der Waals surface area contributed by atoms with E-state index in [4.69, 9.17) is 17.3 Å². The van der Waals surface area contributed by atoms with Crippen molar-refractivity contribution in [1.82, 2.24) is 4.90 Å². The third-order valence-corrected chi connectivity index (χ3v) is 4.55. The number of halogens is 1. The lowest BCUT2D eigenvalue weighted by Crippen LogP contribution is -2.36. The molecule has 4 nitrogen and oxygen atoms in total. The lowest BCUT2D eigenvalue weighted by atomic mass is 9.89. The summed E-state index contributed by atoms with van der Waals surface area (Å²) in [6, 6.07) is 5.38. The molecule has 1 aromatic carbocycles. The summed E-state index contributed by atoms with van der Waals surface area (Å²) in [6.07, 6.45) is 5.80. The van der Waals surface area contributed by atoms with Crippen molar-refractivity contribution in [2.45, 2.75) is 38.5 Å². The van der Waals surface area contributed by atoms with Crippen molar-refractivity contribution in [1.29, 1.82) is 0 Å². The molecule has 1 aliphatic rings. The molecule has 0 heterocycles. The van der Waals surface area contributed by atoms with E-state index in [0.29, 0.717) is 36.1 Å². The Morgan fingerprint density at radius 1 is 1.33 bits per heavy atom. The topological polar surface area (TPSA) is 66.6 Å². The highest BCUT2D eigenvalue weighted by Gasteiger charge is 2.20. The van der Waals surface area contributed by atoms with Gasteiger partial charge in [-0.15, -0.1) is 0 Å². The number of nitrogens with zero attached hydrogens (tertiary/aromatic N) is 1. The zero-order chi connectivity index (χ0) is 15.2. The molecule has 0 atom stereocenters. The molecule has 21 heavy (non-hydrogen) atoms. The fraction of sp³-hybridized carbons (Fsp3) is 0.562. The summed E-state index contributed by atoms with van der Waals surface area (Å²) in [7, 11) is 0. The second-order valence-electron chi connectivity index (χ2n) is 5.83. The maximum atomic E-state index is 11.4. The molecular weight excluding hydrogens is 288 g/mol. The van der Waals surface area contributed by atoms with Gasteiger partial charge in [0, 0.05) is 23.8 Å². The molecule has 2 rings (SSSR count). The summed E-state index contributed by atoms with van der Waals surface area (Å²) < 4.78 is 0. The lowest BCUT2D eigenvalue weighted by Gasteiger charge is -2.28. The van der Waals surface area contributed by atoms with Gasteiger partial charge in [0.25, 0.3) is 0 Å². The fourth-order valence-electron chi connectivity index (χ4n) is 2.97. The van der Waals surface area contributed by atoms with Crippen LogP contribution in [0.1, 0.15) is 37.7 Å². The molecule has 1 amide bonds. The Bertz CT molecular complexity index is 487. The third kappa shape index (κ3) is 4.81. The highest BCUT2D eigenvalue weighted by Crippen LogP contribution is 2.25. The molecule has 0 radical (unpaired) electrons. The van der Waals surface area contributed by atoms with Crippen LogP contribution in [0.2, 0.25) is 5.02 Å². The molecule has 1 aliphatic carbocycles. The van der Waals surface area contributed by atoms with E-state index in [1.807, 2.05) is 6.07 Å².